The van der Waals surface area contributed by atoms with Crippen molar-refractivity contribution < 1.29 is 19.1 Å². The monoisotopic (exact) mass is 379 g/mol. The molecule has 0 saturated heterocycles. The number of fused-ring (bicyclic) bond motifs is 2. The number of rotatable bonds is 7. The number of esters is 1. The number of ketones is 1. The van der Waals surface area contributed by atoms with Crippen LogP contribution in [0.5, 0.6) is 11.5 Å². The van der Waals surface area contributed by atoms with Gasteiger partial charge < -0.3 is 14.8 Å². The second-order valence-electron chi connectivity index (χ2n) is 7.46. The Morgan fingerprint density at radius 3 is 2.93 bits per heavy atom. The van der Waals surface area contributed by atoms with Crippen LogP contribution in [0.1, 0.15) is 52.2 Å². The summed E-state index contributed by atoms with van der Waals surface area (Å²) in [5.41, 5.74) is 4.25. The molecule has 5 nitrogen and oxygen atoms in total. The van der Waals surface area contributed by atoms with Gasteiger partial charge in [0, 0.05) is 0 Å². The van der Waals surface area contributed by atoms with Crippen molar-refractivity contribution in [3.05, 3.63) is 58.7 Å². The molecule has 1 heterocycles. The minimum Gasteiger partial charge on any atom is -0.496 e. The summed E-state index contributed by atoms with van der Waals surface area (Å²) in [5.74, 6) is 0.654. The van der Waals surface area contributed by atoms with E-state index in [4.69, 9.17) is 9.47 Å². The Kier molecular flexibility index (Phi) is 5.44. The van der Waals surface area contributed by atoms with E-state index in [1.165, 1.54) is 24.0 Å². The summed E-state index contributed by atoms with van der Waals surface area (Å²) in [6.07, 6.45) is 5.48. The summed E-state index contributed by atoms with van der Waals surface area (Å²) in [4.78, 5) is 22.9. The Balaban J connectivity index is 1.27. The molecule has 146 valence electrons. The highest BCUT2D eigenvalue weighted by molar-refractivity contribution is 6.44. The van der Waals surface area contributed by atoms with Gasteiger partial charge in [0.15, 0.2) is 0 Å². The van der Waals surface area contributed by atoms with Crippen LogP contribution in [0.4, 0.5) is 0 Å². The predicted octanol–water partition coefficient (Wildman–Crippen LogP) is 3.44. The molecule has 4 rings (SSSR count). The van der Waals surface area contributed by atoms with Crippen molar-refractivity contribution >= 4 is 11.8 Å². The van der Waals surface area contributed by atoms with E-state index in [9.17, 15) is 9.59 Å². The fourth-order valence-electron chi connectivity index (χ4n) is 4.29. The SMILES string of the molecule is COc1cccc2c1CCCC2CCNCCc1ccc2c(c1)OC(=O)C2=O. The van der Waals surface area contributed by atoms with Crippen molar-refractivity contribution in [3.63, 3.8) is 0 Å². The lowest BCUT2D eigenvalue weighted by molar-refractivity contribution is -0.128. The Morgan fingerprint density at radius 1 is 1.18 bits per heavy atom. The molecule has 1 aliphatic heterocycles. The average molecular weight is 379 g/mol. The van der Waals surface area contributed by atoms with Gasteiger partial charge in [-0.1, -0.05) is 18.2 Å². The molecule has 0 spiro atoms. The number of carbonyl (C=O) groups is 2. The average Bonchev–Trinajstić information content (AvgIpc) is 3.00. The fourth-order valence-corrected chi connectivity index (χ4v) is 4.29. The molecule has 0 amide bonds. The van der Waals surface area contributed by atoms with E-state index in [1.807, 2.05) is 6.07 Å². The lowest BCUT2D eigenvalue weighted by Crippen LogP contribution is -2.22. The van der Waals surface area contributed by atoms with E-state index in [2.05, 4.69) is 23.5 Å². The van der Waals surface area contributed by atoms with Gasteiger partial charge in [0.2, 0.25) is 0 Å². The highest BCUT2D eigenvalue weighted by atomic mass is 16.5. The summed E-state index contributed by atoms with van der Waals surface area (Å²) < 4.78 is 10.5. The number of nitrogens with one attached hydrogen (secondary N) is 1. The molecule has 28 heavy (non-hydrogen) atoms. The third-order valence-electron chi connectivity index (χ3n) is 5.75. The second-order valence-corrected chi connectivity index (χ2v) is 7.46. The Bertz CT molecular complexity index is 905. The van der Waals surface area contributed by atoms with Crippen LogP contribution in [-0.2, 0) is 17.6 Å². The highest BCUT2D eigenvalue weighted by Crippen LogP contribution is 2.38. The number of Topliss-reactive ketones (excluding diaryl/α,β-unsaturated/α-hetero) is 1. The van der Waals surface area contributed by atoms with Gasteiger partial charge in [0.05, 0.1) is 12.7 Å². The number of ether oxygens (including phenoxy) is 2. The summed E-state index contributed by atoms with van der Waals surface area (Å²) in [5, 5.41) is 3.52. The molecule has 0 bridgehead atoms. The first kappa shape index (κ1) is 18.7. The van der Waals surface area contributed by atoms with Gasteiger partial charge in [-0.2, -0.15) is 0 Å². The standard InChI is InChI=1S/C23H25NO4/c1-27-20-7-3-5-17-16(4-2-6-18(17)20)11-13-24-12-10-15-8-9-19-21(14-15)28-23(26)22(19)25/h3,5,7-9,14,16,24H,2,4,6,10-13H2,1H3. The number of hydrogen-bond donors (Lipinski definition) is 1. The van der Waals surface area contributed by atoms with E-state index in [0.717, 1.165) is 43.7 Å². The van der Waals surface area contributed by atoms with Crippen molar-refractivity contribution in [2.24, 2.45) is 0 Å². The van der Waals surface area contributed by atoms with Crippen molar-refractivity contribution in [1.29, 1.82) is 0 Å². The molecule has 1 atom stereocenters. The van der Waals surface area contributed by atoms with Crippen molar-refractivity contribution in [2.75, 3.05) is 20.2 Å². The second kappa shape index (κ2) is 8.15. The first-order valence-electron chi connectivity index (χ1n) is 9.93. The Labute approximate surface area is 165 Å². The molecule has 0 aromatic heterocycles. The topological polar surface area (TPSA) is 64.6 Å². The minimum atomic E-state index is -0.783. The first-order chi connectivity index (χ1) is 13.7. The van der Waals surface area contributed by atoms with E-state index in [-0.39, 0.29) is 0 Å². The lowest BCUT2D eigenvalue weighted by atomic mass is 9.80. The molecule has 5 heteroatoms. The highest BCUT2D eigenvalue weighted by Gasteiger charge is 2.30. The maximum Gasteiger partial charge on any atom is 0.385 e. The van der Waals surface area contributed by atoms with Crippen LogP contribution >= 0.6 is 0 Å². The normalized spacial score (nSPS) is 17.8. The summed E-state index contributed by atoms with van der Waals surface area (Å²) in [6.45, 7) is 1.80. The van der Waals surface area contributed by atoms with Crippen LogP contribution in [0, 0.1) is 0 Å². The third kappa shape index (κ3) is 3.67. The number of methoxy groups -OCH3 is 1. The quantitative estimate of drug-likeness (QED) is 0.346. The molecule has 1 aliphatic carbocycles. The zero-order chi connectivity index (χ0) is 19.5. The van der Waals surface area contributed by atoms with Gasteiger partial charge in [-0.05, 0) is 86.0 Å². The Hall–Kier alpha value is -2.66. The van der Waals surface area contributed by atoms with Gasteiger partial charge in [0.1, 0.15) is 11.5 Å². The van der Waals surface area contributed by atoms with Crippen LogP contribution in [0.3, 0.4) is 0 Å². The molecule has 0 fully saturated rings. The van der Waals surface area contributed by atoms with Gasteiger partial charge >= 0.3 is 5.97 Å². The fraction of sp³-hybridized carbons (Fsp3) is 0.391. The van der Waals surface area contributed by atoms with Crippen LogP contribution < -0.4 is 14.8 Å². The molecule has 2 aliphatic rings. The maximum absolute atomic E-state index is 11.6. The minimum absolute atomic E-state index is 0.369. The van der Waals surface area contributed by atoms with Crippen molar-refractivity contribution in [2.45, 2.75) is 38.0 Å². The van der Waals surface area contributed by atoms with Crippen LogP contribution in [0.2, 0.25) is 0 Å². The number of carbonyl (C=O) groups excluding carboxylic acids is 2. The van der Waals surface area contributed by atoms with E-state index in [0.29, 0.717) is 17.2 Å². The largest absolute Gasteiger partial charge is 0.496 e. The smallest absolute Gasteiger partial charge is 0.385 e. The molecule has 1 unspecified atom stereocenters. The lowest BCUT2D eigenvalue weighted by Gasteiger charge is -2.27. The molecular weight excluding hydrogens is 354 g/mol. The summed E-state index contributed by atoms with van der Waals surface area (Å²) in [6, 6.07) is 11.8. The molecule has 0 radical (unpaired) electrons. The molecule has 0 saturated carbocycles. The zero-order valence-corrected chi connectivity index (χ0v) is 16.1. The van der Waals surface area contributed by atoms with Gasteiger partial charge in [-0.3, -0.25) is 4.79 Å². The van der Waals surface area contributed by atoms with Gasteiger partial charge in [0.25, 0.3) is 5.78 Å². The molecular formula is C23H25NO4. The van der Waals surface area contributed by atoms with E-state index in [1.54, 1.807) is 19.2 Å². The van der Waals surface area contributed by atoms with Gasteiger partial charge in [-0.25, -0.2) is 4.79 Å². The first-order valence-corrected chi connectivity index (χ1v) is 9.93. The van der Waals surface area contributed by atoms with Crippen LogP contribution in [0.25, 0.3) is 0 Å². The molecule has 2 aromatic rings. The van der Waals surface area contributed by atoms with Crippen LogP contribution in [0.15, 0.2) is 36.4 Å². The Morgan fingerprint density at radius 2 is 2.07 bits per heavy atom. The molecule has 1 N–H and O–H groups in total. The zero-order valence-electron chi connectivity index (χ0n) is 16.1. The number of benzene rings is 2. The van der Waals surface area contributed by atoms with E-state index >= 15 is 0 Å². The number of hydrogen-bond acceptors (Lipinski definition) is 5. The van der Waals surface area contributed by atoms with E-state index < -0.39 is 11.8 Å². The summed E-state index contributed by atoms with van der Waals surface area (Å²) >= 11 is 0. The predicted molar refractivity (Wildman–Crippen MR) is 106 cm³/mol. The molecule has 2 aromatic carbocycles. The van der Waals surface area contributed by atoms with Crippen molar-refractivity contribution in [3.8, 4) is 11.5 Å². The van der Waals surface area contributed by atoms with Crippen LogP contribution in [-0.4, -0.2) is 32.0 Å². The maximum atomic E-state index is 11.6. The third-order valence-corrected chi connectivity index (χ3v) is 5.75. The van der Waals surface area contributed by atoms with Gasteiger partial charge in [-0.15, -0.1) is 0 Å². The van der Waals surface area contributed by atoms with Crippen molar-refractivity contribution in [1.82, 2.24) is 5.32 Å². The summed E-state index contributed by atoms with van der Waals surface area (Å²) in [7, 11) is 1.75.